The highest BCUT2D eigenvalue weighted by Crippen LogP contribution is 2.29. The first-order valence-electron chi connectivity index (χ1n) is 9.48. The summed E-state index contributed by atoms with van der Waals surface area (Å²) in [6.07, 6.45) is 1.48. The van der Waals surface area contributed by atoms with E-state index in [0.717, 1.165) is 22.7 Å². The summed E-state index contributed by atoms with van der Waals surface area (Å²) in [5.74, 6) is 1.22. The minimum Gasteiger partial charge on any atom is -0.496 e. The lowest BCUT2D eigenvalue weighted by Gasteiger charge is -2.20. The standard InChI is InChI=1S/C22H26N4O3S/c1-22(2,3)26-30(27,28)14-16-8-7-9-17(12-16)25-21-13-19(23-15-24-21)18-10-5-6-11-20(18)29-4/h5-13,15,26H,14H2,1-4H3,(H,23,24,25). The van der Waals surface area contributed by atoms with Crippen molar-refractivity contribution in [3.63, 3.8) is 0 Å². The van der Waals surface area contributed by atoms with Crippen LogP contribution in [0.15, 0.2) is 60.9 Å². The van der Waals surface area contributed by atoms with E-state index in [1.54, 1.807) is 19.2 Å². The van der Waals surface area contributed by atoms with Crippen molar-refractivity contribution >= 4 is 21.5 Å². The molecule has 0 aliphatic carbocycles. The van der Waals surface area contributed by atoms with E-state index in [0.29, 0.717) is 11.4 Å². The predicted octanol–water partition coefficient (Wildman–Crippen LogP) is 4.11. The summed E-state index contributed by atoms with van der Waals surface area (Å²) in [6, 6.07) is 16.7. The van der Waals surface area contributed by atoms with Gasteiger partial charge in [0.2, 0.25) is 10.0 Å². The number of methoxy groups -OCH3 is 1. The molecular weight excluding hydrogens is 400 g/mol. The van der Waals surface area contributed by atoms with E-state index in [4.69, 9.17) is 4.74 Å². The molecule has 3 rings (SSSR count). The number of benzene rings is 2. The van der Waals surface area contributed by atoms with Crippen LogP contribution in [0.3, 0.4) is 0 Å². The number of para-hydroxylation sites is 1. The lowest BCUT2D eigenvalue weighted by molar-refractivity contribution is 0.416. The number of aromatic nitrogens is 2. The highest BCUT2D eigenvalue weighted by Gasteiger charge is 2.20. The molecule has 0 spiro atoms. The maximum absolute atomic E-state index is 12.4. The maximum atomic E-state index is 12.4. The molecule has 8 heteroatoms. The van der Waals surface area contributed by atoms with Gasteiger partial charge in [-0.25, -0.2) is 23.1 Å². The Labute approximate surface area is 177 Å². The third-order valence-electron chi connectivity index (χ3n) is 4.07. The third kappa shape index (κ3) is 6.01. The van der Waals surface area contributed by atoms with Crippen LogP contribution < -0.4 is 14.8 Å². The average Bonchev–Trinajstić information content (AvgIpc) is 2.66. The molecule has 158 valence electrons. The first kappa shape index (κ1) is 21.7. The maximum Gasteiger partial charge on any atom is 0.216 e. The number of hydrogen-bond acceptors (Lipinski definition) is 6. The molecule has 0 saturated carbocycles. The molecule has 1 heterocycles. The van der Waals surface area contributed by atoms with Crippen LogP contribution >= 0.6 is 0 Å². The molecule has 0 fully saturated rings. The van der Waals surface area contributed by atoms with Crippen LogP contribution in [0.4, 0.5) is 11.5 Å². The van der Waals surface area contributed by atoms with Crippen molar-refractivity contribution in [3.05, 3.63) is 66.5 Å². The summed E-state index contributed by atoms with van der Waals surface area (Å²) < 4.78 is 32.8. The van der Waals surface area contributed by atoms with Crippen molar-refractivity contribution in [3.8, 4) is 17.0 Å². The van der Waals surface area contributed by atoms with Crippen LogP contribution in [-0.2, 0) is 15.8 Å². The molecule has 2 N–H and O–H groups in total. The van der Waals surface area contributed by atoms with E-state index in [9.17, 15) is 8.42 Å². The highest BCUT2D eigenvalue weighted by molar-refractivity contribution is 7.88. The fourth-order valence-electron chi connectivity index (χ4n) is 3.04. The van der Waals surface area contributed by atoms with Crippen molar-refractivity contribution in [2.24, 2.45) is 0 Å². The average molecular weight is 427 g/mol. The molecule has 0 unspecified atom stereocenters. The first-order chi connectivity index (χ1) is 14.1. The van der Waals surface area contributed by atoms with Gasteiger partial charge < -0.3 is 10.1 Å². The van der Waals surface area contributed by atoms with Gasteiger partial charge in [0.05, 0.1) is 18.6 Å². The van der Waals surface area contributed by atoms with Gasteiger partial charge in [0.1, 0.15) is 17.9 Å². The zero-order valence-electron chi connectivity index (χ0n) is 17.5. The van der Waals surface area contributed by atoms with Crippen molar-refractivity contribution < 1.29 is 13.2 Å². The van der Waals surface area contributed by atoms with Crippen molar-refractivity contribution in [1.82, 2.24) is 14.7 Å². The zero-order valence-corrected chi connectivity index (χ0v) is 18.3. The van der Waals surface area contributed by atoms with Crippen molar-refractivity contribution in [2.75, 3.05) is 12.4 Å². The molecule has 0 bridgehead atoms. The Morgan fingerprint density at radius 2 is 1.77 bits per heavy atom. The summed E-state index contributed by atoms with van der Waals surface area (Å²) >= 11 is 0. The Morgan fingerprint density at radius 3 is 2.50 bits per heavy atom. The second-order valence-corrected chi connectivity index (χ2v) is 9.65. The molecule has 30 heavy (non-hydrogen) atoms. The second-order valence-electron chi connectivity index (χ2n) is 7.93. The van der Waals surface area contributed by atoms with Gasteiger partial charge in [-0.1, -0.05) is 24.3 Å². The Hall–Kier alpha value is -2.97. The fourth-order valence-corrected chi connectivity index (χ4v) is 4.66. The first-order valence-corrected chi connectivity index (χ1v) is 11.1. The molecule has 0 saturated heterocycles. The lowest BCUT2D eigenvalue weighted by Crippen LogP contribution is -2.41. The highest BCUT2D eigenvalue weighted by atomic mass is 32.2. The Morgan fingerprint density at radius 1 is 1.00 bits per heavy atom. The van der Waals surface area contributed by atoms with Crippen LogP contribution in [0, 0.1) is 0 Å². The Kier molecular flexibility index (Phi) is 6.38. The minimum absolute atomic E-state index is 0.101. The molecule has 0 radical (unpaired) electrons. The van der Waals surface area contributed by atoms with Crippen LogP contribution in [0.1, 0.15) is 26.3 Å². The van der Waals surface area contributed by atoms with Crippen LogP contribution in [0.5, 0.6) is 5.75 Å². The summed E-state index contributed by atoms with van der Waals surface area (Å²) in [4.78, 5) is 8.62. The SMILES string of the molecule is COc1ccccc1-c1cc(Nc2cccc(CS(=O)(=O)NC(C)(C)C)c2)ncn1. The van der Waals surface area contributed by atoms with E-state index in [1.807, 2.05) is 63.2 Å². The quantitative estimate of drug-likeness (QED) is 0.590. The van der Waals surface area contributed by atoms with Gasteiger partial charge in [-0.05, 0) is 50.6 Å². The topological polar surface area (TPSA) is 93.2 Å². The van der Waals surface area contributed by atoms with Gasteiger partial charge >= 0.3 is 0 Å². The summed E-state index contributed by atoms with van der Waals surface area (Å²) in [7, 11) is -1.83. The molecule has 0 amide bonds. The molecule has 7 nitrogen and oxygen atoms in total. The number of nitrogens with zero attached hydrogens (tertiary/aromatic N) is 2. The van der Waals surface area contributed by atoms with Crippen LogP contribution in [0.25, 0.3) is 11.3 Å². The Bertz CT molecular complexity index is 1120. The number of sulfonamides is 1. The predicted molar refractivity (Wildman–Crippen MR) is 119 cm³/mol. The van der Waals surface area contributed by atoms with E-state index in [1.165, 1.54) is 6.33 Å². The molecule has 2 aromatic carbocycles. The van der Waals surface area contributed by atoms with Gasteiger partial charge in [0.25, 0.3) is 0 Å². The number of hydrogen-bond donors (Lipinski definition) is 2. The minimum atomic E-state index is -3.45. The van der Waals surface area contributed by atoms with Gasteiger partial charge in [0, 0.05) is 22.9 Å². The summed E-state index contributed by atoms with van der Waals surface area (Å²) in [5.41, 5.74) is 2.47. The molecular formula is C22H26N4O3S. The summed E-state index contributed by atoms with van der Waals surface area (Å²) in [6.45, 7) is 5.45. The van der Waals surface area contributed by atoms with Crippen molar-refractivity contribution in [1.29, 1.82) is 0 Å². The van der Waals surface area contributed by atoms with Crippen LogP contribution in [-0.4, -0.2) is 31.0 Å². The third-order valence-corrected chi connectivity index (χ3v) is 5.70. The number of ether oxygens (including phenoxy) is 1. The van der Waals surface area contributed by atoms with Crippen molar-refractivity contribution in [2.45, 2.75) is 32.1 Å². The van der Waals surface area contributed by atoms with Gasteiger partial charge in [-0.2, -0.15) is 0 Å². The molecule has 0 aliphatic heterocycles. The monoisotopic (exact) mass is 426 g/mol. The van der Waals surface area contributed by atoms with Crippen LogP contribution in [0.2, 0.25) is 0 Å². The normalized spacial score (nSPS) is 11.9. The smallest absolute Gasteiger partial charge is 0.216 e. The molecule has 3 aromatic rings. The van der Waals surface area contributed by atoms with E-state index >= 15 is 0 Å². The largest absolute Gasteiger partial charge is 0.496 e. The van der Waals surface area contributed by atoms with Gasteiger partial charge in [-0.3, -0.25) is 0 Å². The van der Waals surface area contributed by atoms with Gasteiger partial charge in [-0.15, -0.1) is 0 Å². The zero-order chi connectivity index (χ0) is 21.8. The fraction of sp³-hybridized carbons (Fsp3) is 0.273. The van der Waals surface area contributed by atoms with E-state index in [-0.39, 0.29) is 5.75 Å². The lowest BCUT2D eigenvalue weighted by atomic mass is 10.1. The molecule has 0 atom stereocenters. The number of nitrogens with one attached hydrogen (secondary N) is 2. The Balaban J connectivity index is 1.80. The van der Waals surface area contributed by atoms with E-state index < -0.39 is 15.6 Å². The number of anilines is 2. The van der Waals surface area contributed by atoms with E-state index in [2.05, 4.69) is 20.0 Å². The summed E-state index contributed by atoms with van der Waals surface area (Å²) in [5, 5.41) is 3.22. The molecule has 1 aromatic heterocycles. The second kappa shape index (κ2) is 8.81. The number of rotatable bonds is 7. The molecule has 0 aliphatic rings. The van der Waals surface area contributed by atoms with Gasteiger partial charge in [0.15, 0.2) is 0 Å².